The average Bonchev–Trinajstić information content (AvgIpc) is 2.87. The van der Waals surface area contributed by atoms with Gasteiger partial charge < -0.3 is 14.8 Å². The number of likely N-dealkylation sites (N-methyl/N-ethyl adjacent to an activating group) is 1. The third-order valence-corrected chi connectivity index (χ3v) is 4.90. The molecule has 1 aliphatic rings. The molecule has 2 aromatic heterocycles. The van der Waals surface area contributed by atoms with Crippen LogP contribution in [0.4, 0.5) is 0 Å². The number of H-pyrrole nitrogens is 1. The molecule has 0 aliphatic carbocycles. The number of rotatable bonds is 5. The molecule has 0 radical (unpaired) electrons. The predicted molar refractivity (Wildman–Crippen MR) is 95.4 cm³/mol. The van der Waals surface area contributed by atoms with Gasteiger partial charge in [0, 0.05) is 38.1 Å². The summed E-state index contributed by atoms with van der Waals surface area (Å²) in [6.07, 6.45) is 2.81. The summed E-state index contributed by atoms with van der Waals surface area (Å²) >= 11 is 7.68. The molecule has 22 heavy (non-hydrogen) atoms. The summed E-state index contributed by atoms with van der Waals surface area (Å²) in [6.45, 7) is 5.92. The Morgan fingerprint density at radius 3 is 2.86 bits per heavy atom. The maximum atomic E-state index is 5.92. The highest BCUT2D eigenvalue weighted by molar-refractivity contribution is 7.99. The van der Waals surface area contributed by atoms with Crippen molar-refractivity contribution in [3.8, 4) is 0 Å². The monoisotopic (exact) mass is 361 g/mol. The number of fused-ring (bicyclic) bond motifs is 1. The lowest BCUT2D eigenvalue weighted by Gasteiger charge is -2.32. The van der Waals surface area contributed by atoms with E-state index in [0.717, 1.165) is 22.1 Å². The van der Waals surface area contributed by atoms with Gasteiger partial charge >= 0.3 is 0 Å². The van der Waals surface area contributed by atoms with Crippen molar-refractivity contribution in [3.05, 3.63) is 17.3 Å². The van der Waals surface area contributed by atoms with Crippen molar-refractivity contribution in [2.75, 3.05) is 45.5 Å². The van der Waals surface area contributed by atoms with Gasteiger partial charge in [0.25, 0.3) is 0 Å². The molecule has 0 unspecified atom stereocenters. The van der Waals surface area contributed by atoms with E-state index in [-0.39, 0.29) is 12.4 Å². The molecule has 0 aromatic carbocycles. The van der Waals surface area contributed by atoms with Crippen LogP contribution >= 0.6 is 35.8 Å². The molecule has 3 heterocycles. The normalized spacial score (nSPS) is 16.8. The fourth-order valence-corrected chi connectivity index (χ4v) is 3.41. The quantitative estimate of drug-likeness (QED) is 0.655. The fourth-order valence-electron chi connectivity index (χ4n) is 2.45. The van der Waals surface area contributed by atoms with Crippen LogP contribution < -0.4 is 0 Å². The molecule has 0 amide bonds. The van der Waals surface area contributed by atoms with Gasteiger partial charge in [0.2, 0.25) is 0 Å². The largest absolute Gasteiger partial charge is 0.331 e. The van der Waals surface area contributed by atoms with Crippen molar-refractivity contribution in [2.45, 2.75) is 11.6 Å². The number of halogens is 2. The summed E-state index contributed by atoms with van der Waals surface area (Å²) < 4.78 is 0. The van der Waals surface area contributed by atoms with Crippen LogP contribution in [-0.4, -0.2) is 70.3 Å². The molecule has 3 rings (SSSR count). The number of piperazine rings is 1. The van der Waals surface area contributed by atoms with Gasteiger partial charge in [-0.25, -0.2) is 9.97 Å². The number of aromatic nitrogens is 3. The van der Waals surface area contributed by atoms with Crippen LogP contribution in [0.15, 0.2) is 17.4 Å². The van der Waals surface area contributed by atoms with Crippen molar-refractivity contribution in [3.63, 3.8) is 0 Å². The number of nitrogens with one attached hydrogen (secondary N) is 1. The first kappa shape index (κ1) is 17.8. The van der Waals surface area contributed by atoms with Crippen LogP contribution in [0.25, 0.3) is 11.2 Å². The molecule has 0 saturated carbocycles. The number of hydrogen-bond acceptors (Lipinski definition) is 5. The van der Waals surface area contributed by atoms with Crippen molar-refractivity contribution < 1.29 is 0 Å². The molecule has 1 aliphatic heterocycles. The Labute approximate surface area is 146 Å². The van der Waals surface area contributed by atoms with Crippen molar-refractivity contribution in [1.82, 2.24) is 24.8 Å². The molecule has 122 valence electrons. The Hall–Kier alpha value is -0.530. The Kier molecular flexibility index (Phi) is 6.77. The second-order valence-electron chi connectivity index (χ2n) is 5.41. The molecule has 0 bridgehead atoms. The Morgan fingerprint density at radius 2 is 2.09 bits per heavy atom. The van der Waals surface area contributed by atoms with E-state index in [2.05, 4.69) is 31.8 Å². The highest BCUT2D eigenvalue weighted by Gasteiger charge is 2.13. The van der Waals surface area contributed by atoms with E-state index in [0.29, 0.717) is 5.02 Å². The van der Waals surface area contributed by atoms with Gasteiger partial charge in [-0.05, 0) is 26.1 Å². The van der Waals surface area contributed by atoms with Crippen molar-refractivity contribution in [1.29, 1.82) is 0 Å². The number of nitrogens with zero attached hydrogens (tertiary/aromatic N) is 4. The van der Waals surface area contributed by atoms with Crippen LogP contribution in [0.5, 0.6) is 0 Å². The smallest absolute Gasteiger partial charge is 0.178 e. The van der Waals surface area contributed by atoms with Gasteiger partial charge in [0.05, 0.1) is 10.5 Å². The summed E-state index contributed by atoms with van der Waals surface area (Å²) in [6, 6.07) is 1.87. The van der Waals surface area contributed by atoms with E-state index in [1.807, 2.05) is 6.07 Å². The third-order valence-electron chi connectivity index (χ3n) is 3.74. The topological polar surface area (TPSA) is 48.1 Å². The summed E-state index contributed by atoms with van der Waals surface area (Å²) in [7, 11) is 2.19. The molecule has 0 atom stereocenters. The zero-order chi connectivity index (χ0) is 14.7. The van der Waals surface area contributed by atoms with Crippen LogP contribution in [0.1, 0.15) is 6.42 Å². The third kappa shape index (κ3) is 4.73. The minimum Gasteiger partial charge on any atom is -0.331 e. The molecular formula is C14H21Cl2N5S. The molecule has 8 heteroatoms. The van der Waals surface area contributed by atoms with Crippen LogP contribution in [-0.2, 0) is 0 Å². The average molecular weight is 362 g/mol. The molecule has 1 N–H and O–H groups in total. The summed E-state index contributed by atoms with van der Waals surface area (Å²) in [5, 5.41) is 1.57. The van der Waals surface area contributed by atoms with E-state index in [1.165, 1.54) is 39.1 Å². The van der Waals surface area contributed by atoms with Crippen LogP contribution in [0.3, 0.4) is 0 Å². The van der Waals surface area contributed by atoms with E-state index >= 15 is 0 Å². The van der Waals surface area contributed by atoms with Crippen molar-refractivity contribution in [2.24, 2.45) is 0 Å². The number of pyridine rings is 1. The first-order valence-corrected chi connectivity index (χ1v) is 8.62. The minimum atomic E-state index is 0. The molecule has 1 saturated heterocycles. The summed E-state index contributed by atoms with van der Waals surface area (Å²) in [4.78, 5) is 16.9. The lowest BCUT2D eigenvalue weighted by Crippen LogP contribution is -2.44. The SMILES string of the molecule is CN1CCN(CCCSc2nc3ncc(Cl)cc3[nH]2)CC1.Cl. The Morgan fingerprint density at radius 1 is 1.32 bits per heavy atom. The second kappa shape index (κ2) is 8.36. The highest BCUT2D eigenvalue weighted by atomic mass is 35.5. The Bertz CT molecular complexity index is 598. The van der Waals surface area contributed by atoms with Gasteiger partial charge in [-0.2, -0.15) is 0 Å². The highest BCUT2D eigenvalue weighted by Crippen LogP contribution is 2.21. The lowest BCUT2D eigenvalue weighted by molar-refractivity contribution is 0.154. The minimum absolute atomic E-state index is 0. The van der Waals surface area contributed by atoms with Gasteiger partial charge in [0.15, 0.2) is 10.8 Å². The zero-order valence-electron chi connectivity index (χ0n) is 12.6. The van der Waals surface area contributed by atoms with Crippen LogP contribution in [0.2, 0.25) is 5.02 Å². The number of thioether (sulfide) groups is 1. The maximum Gasteiger partial charge on any atom is 0.178 e. The standard InChI is InChI=1S/C14H20ClN5S.ClH/c1-19-4-6-20(7-5-19)3-2-8-21-14-17-12-9-11(15)10-16-13(12)18-14;/h9-10H,2-8H2,1H3,(H,16,17,18);1H. The Balaban J connectivity index is 0.00000176. The van der Waals surface area contributed by atoms with E-state index in [4.69, 9.17) is 11.6 Å². The fraction of sp³-hybridized carbons (Fsp3) is 0.571. The molecule has 1 fully saturated rings. The number of imidazole rings is 1. The summed E-state index contributed by atoms with van der Waals surface area (Å²) in [5.41, 5.74) is 1.64. The van der Waals surface area contributed by atoms with E-state index < -0.39 is 0 Å². The first-order chi connectivity index (χ1) is 10.2. The second-order valence-corrected chi connectivity index (χ2v) is 6.93. The van der Waals surface area contributed by atoms with Crippen LogP contribution in [0, 0.1) is 0 Å². The van der Waals surface area contributed by atoms with Gasteiger partial charge in [-0.3, -0.25) is 0 Å². The van der Waals surface area contributed by atoms with Gasteiger partial charge in [-0.1, -0.05) is 23.4 Å². The van der Waals surface area contributed by atoms with Gasteiger partial charge in [-0.15, -0.1) is 12.4 Å². The van der Waals surface area contributed by atoms with E-state index in [1.54, 1.807) is 18.0 Å². The molecule has 5 nitrogen and oxygen atoms in total. The molecular weight excluding hydrogens is 341 g/mol. The predicted octanol–water partition coefficient (Wildman–Crippen LogP) is 2.76. The molecule has 2 aromatic rings. The lowest BCUT2D eigenvalue weighted by atomic mass is 10.3. The zero-order valence-corrected chi connectivity index (χ0v) is 15.0. The first-order valence-electron chi connectivity index (χ1n) is 7.26. The molecule has 0 spiro atoms. The van der Waals surface area contributed by atoms with Gasteiger partial charge in [0.1, 0.15) is 0 Å². The van der Waals surface area contributed by atoms with E-state index in [9.17, 15) is 0 Å². The number of aromatic amines is 1. The summed E-state index contributed by atoms with van der Waals surface area (Å²) in [5.74, 6) is 1.07. The maximum absolute atomic E-state index is 5.92. The number of hydrogen-bond donors (Lipinski definition) is 1. The van der Waals surface area contributed by atoms with Crippen molar-refractivity contribution >= 4 is 46.9 Å².